The first-order chi connectivity index (χ1) is 6.65. The van der Waals surface area contributed by atoms with Gasteiger partial charge in [0.05, 0.1) is 4.47 Å². The largest absolute Gasteiger partial charge is 0.382 e. The number of halogens is 2. The lowest BCUT2D eigenvalue weighted by Gasteiger charge is -2.34. The molecule has 3 heteroatoms. The maximum absolute atomic E-state index is 12.9. The van der Waals surface area contributed by atoms with Gasteiger partial charge in [-0.25, -0.2) is 4.39 Å². The highest BCUT2D eigenvalue weighted by atomic mass is 79.9. The van der Waals surface area contributed by atoms with Crippen LogP contribution < -0.4 is 5.32 Å². The first kappa shape index (κ1) is 9.97. The van der Waals surface area contributed by atoms with Crippen LogP contribution in [0.3, 0.4) is 0 Å². The minimum atomic E-state index is -0.211. The second-order valence-electron chi connectivity index (χ2n) is 4.05. The lowest BCUT2D eigenvalue weighted by Crippen LogP contribution is -2.33. The fourth-order valence-corrected chi connectivity index (χ4v) is 2.22. The van der Waals surface area contributed by atoms with Crippen molar-refractivity contribution in [3.05, 3.63) is 28.5 Å². The van der Waals surface area contributed by atoms with Crippen LogP contribution >= 0.6 is 15.9 Å². The number of hydrogen-bond acceptors (Lipinski definition) is 1. The third-order valence-electron chi connectivity index (χ3n) is 2.66. The standard InChI is InChI=1S/C11H13BrFN/c1-7-4-9(5-7)14-8-2-3-11(13)10(12)6-8/h2-3,6-7,9,14H,4-5H2,1H3. The van der Waals surface area contributed by atoms with E-state index in [9.17, 15) is 4.39 Å². The molecule has 0 radical (unpaired) electrons. The van der Waals surface area contributed by atoms with E-state index in [0.29, 0.717) is 10.5 Å². The van der Waals surface area contributed by atoms with Gasteiger partial charge in [-0.05, 0) is 52.9 Å². The fraction of sp³-hybridized carbons (Fsp3) is 0.455. The summed E-state index contributed by atoms with van der Waals surface area (Å²) in [6, 6.07) is 5.62. The normalized spacial score (nSPS) is 25.6. The van der Waals surface area contributed by atoms with Gasteiger partial charge in [0.25, 0.3) is 0 Å². The first-order valence-electron chi connectivity index (χ1n) is 4.87. The monoisotopic (exact) mass is 257 g/mol. The maximum atomic E-state index is 12.9. The molecule has 0 spiro atoms. The van der Waals surface area contributed by atoms with E-state index in [2.05, 4.69) is 28.2 Å². The molecule has 0 saturated heterocycles. The summed E-state index contributed by atoms with van der Waals surface area (Å²) < 4.78 is 13.4. The molecule has 1 nitrogen and oxygen atoms in total. The summed E-state index contributed by atoms with van der Waals surface area (Å²) in [7, 11) is 0. The van der Waals surface area contributed by atoms with Gasteiger partial charge in [0.15, 0.2) is 0 Å². The van der Waals surface area contributed by atoms with Crippen molar-refractivity contribution in [3.8, 4) is 0 Å². The molecular weight excluding hydrogens is 245 g/mol. The number of anilines is 1. The molecule has 1 aliphatic rings. The average molecular weight is 258 g/mol. The maximum Gasteiger partial charge on any atom is 0.137 e. The Kier molecular flexibility index (Phi) is 2.77. The topological polar surface area (TPSA) is 12.0 Å². The number of benzene rings is 1. The summed E-state index contributed by atoms with van der Waals surface area (Å²) in [5.41, 5.74) is 0.996. The van der Waals surface area contributed by atoms with Gasteiger partial charge in [0.2, 0.25) is 0 Å². The summed E-state index contributed by atoms with van der Waals surface area (Å²) in [5.74, 6) is 0.619. The Bertz CT molecular complexity index is 334. The van der Waals surface area contributed by atoms with Crippen LogP contribution in [0, 0.1) is 11.7 Å². The molecule has 1 aromatic rings. The summed E-state index contributed by atoms with van der Waals surface area (Å²) in [5, 5.41) is 3.38. The molecule has 0 aliphatic heterocycles. The molecule has 1 saturated carbocycles. The molecule has 0 atom stereocenters. The van der Waals surface area contributed by atoms with E-state index >= 15 is 0 Å². The third kappa shape index (κ3) is 2.08. The van der Waals surface area contributed by atoms with E-state index in [1.54, 1.807) is 12.1 Å². The van der Waals surface area contributed by atoms with E-state index in [1.807, 2.05) is 0 Å². The van der Waals surface area contributed by atoms with Gasteiger partial charge >= 0.3 is 0 Å². The van der Waals surface area contributed by atoms with Crippen molar-refractivity contribution in [3.63, 3.8) is 0 Å². The Balaban J connectivity index is 2.00. The SMILES string of the molecule is CC1CC(Nc2ccc(F)c(Br)c2)C1. The molecule has 0 heterocycles. The van der Waals surface area contributed by atoms with Gasteiger partial charge in [-0.15, -0.1) is 0 Å². The molecule has 2 rings (SSSR count). The van der Waals surface area contributed by atoms with Crippen LogP contribution in [0.4, 0.5) is 10.1 Å². The van der Waals surface area contributed by atoms with Crippen molar-refractivity contribution in [2.75, 3.05) is 5.32 Å². The zero-order valence-electron chi connectivity index (χ0n) is 8.06. The molecule has 0 amide bonds. The highest BCUT2D eigenvalue weighted by Gasteiger charge is 2.24. The van der Waals surface area contributed by atoms with Crippen LogP contribution in [0.15, 0.2) is 22.7 Å². The first-order valence-corrected chi connectivity index (χ1v) is 5.66. The Labute approximate surface area is 91.8 Å². The number of rotatable bonds is 2. The number of nitrogens with one attached hydrogen (secondary N) is 1. The molecule has 0 bridgehead atoms. The van der Waals surface area contributed by atoms with Crippen LogP contribution in [0.1, 0.15) is 19.8 Å². The van der Waals surface area contributed by atoms with E-state index < -0.39 is 0 Å². The molecule has 1 fully saturated rings. The summed E-state index contributed by atoms with van der Waals surface area (Å²) in [4.78, 5) is 0. The second-order valence-corrected chi connectivity index (χ2v) is 4.90. The molecule has 1 aromatic carbocycles. The molecule has 0 unspecified atom stereocenters. The molecular formula is C11H13BrFN. The van der Waals surface area contributed by atoms with Crippen LogP contribution in [0.2, 0.25) is 0 Å². The summed E-state index contributed by atoms with van der Waals surface area (Å²) in [6.45, 7) is 2.25. The zero-order valence-corrected chi connectivity index (χ0v) is 9.64. The smallest absolute Gasteiger partial charge is 0.137 e. The van der Waals surface area contributed by atoms with Crippen molar-refractivity contribution in [1.29, 1.82) is 0 Å². The fourth-order valence-electron chi connectivity index (χ4n) is 1.84. The average Bonchev–Trinajstić information content (AvgIpc) is 2.09. The van der Waals surface area contributed by atoms with E-state index in [1.165, 1.54) is 18.9 Å². The van der Waals surface area contributed by atoms with Gasteiger partial charge in [-0.2, -0.15) is 0 Å². The van der Waals surface area contributed by atoms with Crippen molar-refractivity contribution in [2.24, 2.45) is 5.92 Å². The quantitative estimate of drug-likeness (QED) is 0.850. The van der Waals surface area contributed by atoms with Gasteiger partial charge in [-0.3, -0.25) is 0 Å². The molecule has 1 N–H and O–H groups in total. The van der Waals surface area contributed by atoms with Crippen LogP contribution in [0.5, 0.6) is 0 Å². The van der Waals surface area contributed by atoms with Gasteiger partial charge in [-0.1, -0.05) is 6.92 Å². The highest BCUT2D eigenvalue weighted by Crippen LogP contribution is 2.30. The van der Waals surface area contributed by atoms with Gasteiger partial charge < -0.3 is 5.32 Å². The van der Waals surface area contributed by atoms with Crippen molar-refractivity contribution >= 4 is 21.6 Å². The van der Waals surface area contributed by atoms with E-state index in [-0.39, 0.29) is 5.82 Å². The minimum Gasteiger partial charge on any atom is -0.382 e. The summed E-state index contributed by atoms with van der Waals surface area (Å²) in [6.07, 6.45) is 2.43. The minimum absolute atomic E-state index is 0.211. The van der Waals surface area contributed by atoms with Crippen molar-refractivity contribution in [1.82, 2.24) is 0 Å². The van der Waals surface area contributed by atoms with Crippen LogP contribution in [0.25, 0.3) is 0 Å². The van der Waals surface area contributed by atoms with Gasteiger partial charge in [0, 0.05) is 11.7 Å². The summed E-state index contributed by atoms with van der Waals surface area (Å²) >= 11 is 3.17. The van der Waals surface area contributed by atoms with Gasteiger partial charge in [0.1, 0.15) is 5.82 Å². The van der Waals surface area contributed by atoms with Crippen LogP contribution in [-0.4, -0.2) is 6.04 Å². The van der Waals surface area contributed by atoms with E-state index in [0.717, 1.165) is 11.6 Å². The Morgan fingerprint density at radius 2 is 2.14 bits per heavy atom. The third-order valence-corrected chi connectivity index (χ3v) is 3.27. The predicted octanol–water partition coefficient (Wildman–Crippen LogP) is 3.80. The molecule has 14 heavy (non-hydrogen) atoms. The van der Waals surface area contributed by atoms with E-state index in [4.69, 9.17) is 0 Å². The number of hydrogen-bond donors (Lipinski definition) is 1. The van der Waals surface area contributed by atoms with Crippen molar-refractivity contribution in [2.45, 2.75) is 25.8 Å². The molecule has 1 aliphatic carbocycles. The van der Waals surface area contributed by atoms with Crippen LogP contribution in [-0.2, 0) is 0 Å². The Hall–Kier alpha value is -0.570. The Morgan fingerprint density at radius 1 is 1.43 bits per heavy atom. The lowest BCUT2D eigenvalue weighted by molar-refractivity contribution is 0.309. The molecule has 0 aromatic heterocycles. The zero-order chi connectivity index (χ0) is 10.1. The van der Waals surface area contributed by atoms with Crippen molar-refractivity contribution < 1.29 is 4.39 Å². The molecule has 76 valence electrons. The predicted molar refractivity (Wildman–Crippen MR) is 59.9 cm³/mol. The second kappa shape index (κ2) is 3.89. The lowest BCUT2D eigenvalue weighted by atomic mass is 9.82. The Morgan fingerprint density at radius 3 is 2.71 bits per heavy atom. The highest BCUT2D eigenvalue weighted by molar-refractivity contribution is 9.10.